The van der Waals surface area contributed by atoms with Crippen molar-refractivity contribution < 1.29 is 38.0 Å². The molecule has 0 amide bonds. The Morgan fingerprint density at radius 1 is 1.07 bits per heavy atom. The van der Waals surface area contributed by atoms with Gasteiger partial charge in [0.05, 0.1) is 18.8 Å². The van der Waals surface area contributed by atoms with Gasteiger partial charge in [0.15, 0.2) is 6.29 Å². The molecule has 1 unspecified atom stereocenters. The number of rotatable bonds is 14. The summed E-state index contributed by atoms with van der Waals surface area (Å²) in [6, 6.07) is 0. The molecule has 0 aromatic heterocycles. The van der Waals surface area contributed by atoms with Crippen LogP contribution in [-0.2, 0) is 38.0 Å². The third-order valence-corrected chi connectivity index (χ3v) is 9.53. The quantitative estimate of drug-likeness (QED) is 0.103. The monoisotopic (exact) mass is 576 g/mol. The van der Waals surface area contributed by atoms with E-state index in [1.807, 2.05) is 19.1 Å². The molecule has 9 atom stereocenters. The van der Waals surface area contributed by atoms with E-state index < -0.39 is 42.1 Å². The molecule has 0 bridgehead atoms. The molecule has 8 heteroatoms. The number of ether oxygens (including phenoxy) is 6. The Bertz CT molecular complexity index is 988. The van der Waals surface area contributed by atoms with Crippen LogP contribution in [0.3, 0.4) is 0 Å². The number of hydrogen-bond donors (Lipinski definition) is 0. The van der Waals surface area contributed by atoms with Gasteiger partial charge in [-0.15, -0.1) is 0 Å². The Morgan fingerprint density at radius 3 is 2.27 bits per heavy atom. The van der Waals surface area contributed by atoms with Crippen molar-refractivity contribution in [3.63, 3.8) is 0 Å². The molecule has 0 aromatic carbocycles. The molecule has 1 saturated heterocycles. The maximum absolute atomic E-state index is 12.8. The molecule has 0 N–H and O–H groups in total. The van der Waals surface area contributed by atoms with Gasteiger partial charge in [-0.2, -0.15) is 0 Å². The van der Waals surface area contributed by atoms with Crippen molar-refractivity contribution in [1.82, 2.24) is 0 Å². The van der Waals surface area contributed by atoms with Crippen molar-refractivity contribution in [1.29, 1.82) is 0 Å². The average Bonchev–Trinajstić information content (AvgIpc) is 3.23. The molecule has 1 saturated carbocycles. The Kier molecular flexibility index (Phi) is 11.8. The molecule has 1 heterocycles. The summed E-state index contributed by atoms with van der Waals surface area (Å²) in [4.78, 5) is 25.4. The Balaban J connectivity index is 2.33. The summed E-state index contributed by atoms with van der Waals surface area (Å²) >= 11 is 0. The van der Waals surface area contributed by atoms with Crippen molar-refractivity contribution in [2.75, 3.05) is 20.3 Å². The van der Waals surface area contributed by atoms with E-state index in [4.69, 9.17) is 28.4 Å². The van der Waals surface area contributed by atoms with Crippen LogP contribution in [0.15, 0.2) is 36.0 Å². The van der Waals surface area contributed by atoms with Gasteiger partial charge in [-0.05, 0) is 49.9 Å². The first-order valence-corrected chi connectivity index (χ1v) is 15.3. The van der Waals surface area contributed by atoms with Gasteiger partial charge in [-0.25, -0.2) is 0 Å². The molecule has 1 spiro atoms. The van der Waals surface area contributed by atoms with E-state index in [9.17, 15) is 9.59 Å². The highest BCUT2D eigenvalue weighted by Gasteiger charge is 2.74. The van der Waals surface area contributed by atoms with E-state index in [1.54, 1.807) is 7.11 Å². The second-order valence-corrected chi connectivity index (χ2v) is 12.1. The van der Waals surface area contributed by atoms with Crippen molar-refractivity contribution in [3.8, 4) is 0 Å². The molecule has 3 rings (SSSR count). The topological polar surface area (TPSA) is 89.5 Å². The van der Waals surface area contributed by atoms with E-state index in [1.165, 1.54) is 13.8 Å². The maximum atomic E-state index is 12.8. The van der Waals surface area contributed by atoms with Gasteiger partial charge in [0.2, 0.25) is 6.29 Å². The summed E-state index contributed by atoms with van der Waals surface area (Å²) in [5.74, 6) is -1.08. The fraction of sp³-hybridized carbons (Fsp3) is 0.758. The smallest absolute Gasteiger partial charge is 0.304 e. The minimum absolute atomic E-state index is 0.0249. The highest BCUT2D eigenvalue weighted by atomic mass is 16.8. The lowest BCUT2D eigenvalue weighted by molar-refractivity contribution is -0.283. The van der Waals surface area contributed by atoms with Crippen LogP contribution in [0.5, 0.6) is 0 Å². The summed E-state index contributed by atoms with van der Waals surface area (Å²) in [6.07, 6.45) is 7.85. The van der Waals surface area contributed by atoms with E-state index in [0.717, 1.165) is 43.3 Å². The van der Waals surface area contributed by atoms with Gasteiger partial charge < -0.3 is 28.4 Å². The van der Waals surface area contributed by atoms with Gasteiger partial charge in [-0.3, -0.25) is 9.59 Å². The Labute approximate surface area is 246 Å². The Morgan fingerprint density at radius 2 is 1.71 bits per heavy atom. The second-order valence-electron chi connectivity index (χ2n) is 12.1. The molecule has 8 nitrogen and oxygen atoms in total. The van der Waals surface area contributed by atoms with E-state index in [0.29, 0.717) is 19.6 Å². The number of allylic oxidation sites excluding steroid dienone is 3. The van der Waals surface area contributed by atoms with Gasteiger partial charge in [0.1, 0.15) is 11.5 Å². The third kappa shape index (κ3) is 6.66. The number of unbranched alkanes of at least 4 members (excludes halogenated alkanes) is 2. The summed E-state index contributed by atoms with van der Waals surface area (Å²) in [5, 5.41) is 0. The van der Waals surface area contributed by atoms with Crippen molar-refractivity contribution >= 4 is 11.9 Å². The van der Waals surface area contributed by atoms with Gasteiger partial charge in [0, 0.05) is 33.1 Å². The van der Waals surface area contributed by atoms with Crippen LogP contribution in [-0.4, -0.2) is 63.2 Å². The fourth-order valence-electron chi connectivity index (χ4n) is 7.10. The minimum Gasteiger partial charge on any atom is -0.459 e. The maximum Gasteiger partial charge on any atom is 0.304 e. The van der Waals surface area contributed by atoms with E-state index >= 15 is 0 Å². The first-order chi connectivity index (χ1) is 19.5. The molecule has 1 aliphatic heterocycles. The summed E-state index contributed by atoms with van der Waals surface area (Å²) in [6.45, 7) is 18.5. The first-order valence-electron chi connectivity index (χ1n) is 15.3. The van der Waals surface area contributed by atoms with Crippen molar-refractivity contribution in [3.05, 3.63) is 36.0 Å². The summed E-state index contributed by atoms with van der Waals surface area (Å²) in [5.41, 5.74) is 0.472. The lowest BCUT2D eigenvalue weighted by Gasteiger charge is -2.63. The number of carbonyl (C=O) groups is 2. The molecule has 3 aliphatic rings. The van der Waals surface area contributed by atoms with Crippen LogP contribution in [0.1, 0.15) is 87.0 Å². The zero-order valence-electron chi connectivity index (χ0n) is 26.4. The number of hydrogen-bond acceptors (Lipinski definition) is 8. The molecule has 2 aliphatic carbocycles. The first kappa shape index (κ1) is 33.5. The molecule has 41 heavy (non-hydrogen) atoms. The number of esters is 2. The Hall–Kier alpha value is -2.00. The van der Waals surface area contributed by atoms with Gasteiger partial charge in [-0.1, -0.05) is 70.9 Å². The number of carbonyl (C=O) groups excluding carboxylic acids is 2. The molecule has 2 fully saturated rings. The second kappa shape index (κ2) is 14.5. The van der Waals surface area contributed by atoms with Crippen LogP contribution < -0.4 is 0 Å². The predicted octanol–water partition coefficient (Wildman–Crippen LogP) is 6.29. The molecular weight excluding hydrogens is 524 g/mol. The van der Waals surface area contributed by atoms with E-state index in [2.05, 4.69) is 40.3 Å². The molecular formula is C33H52O8. The summed E-state index contributed by atoms with van der Waals surface area (Å²) < 4.78 is 37.7. The van der Waals surface area contributed by atoms with Crippen LogP contribution in [0.4, 0.5) is 0 Å². The highest BCUT2D eigenvalue weighted by Crippen LogP contribution is 2.68. The van der Waals surface area contributed by atoms with Crippen LogP contribution in [0.2, 0.25) is 0 Å². The van der Waals surface area contributed by atoms with Gasteiger partial charge in [0.25, 0.3) is 0 Å². The SMILES string of the molecule is C=C/C(C)=C\C[C@]1(C)[C@H](C)[C@@H](OCCCC)[C@H](OC(C)=O)C23C(=C[C@H](OC)C[C@H]21)[C@@H](OCCCC)O[C@H]3OC(C)=O. The standard InChI is InChI=1S/C33H52O8/c1-10-13-17-37-28-22(5)32(8,16-15-21(4)12-3)27-20-25(36-9)19-26-30(38-18-14-11-2)41-31(40-24(7)35)33(26,27)29(28)39-23(6)34/h12,15,19,22,25,27-31H,3,10-11,13-14,16-18,20H2,1-2,4-9H3/b21-15-/t22-,25+,27+,28-,29+,30+,31-,32-,33?/m1/s1. The van der Waals surface area contributed by atoms with Gasteiger partial charge >= 0.3 is 11.9 Å². The molecule has 0 radical (unpaired) electrons. The zero-order chi connectivity index (χ0) is 30.4. The zero-order valence-corrected chi connectivity index (χ0v) is 26.4. The summed E-state index contributed by atoms with van der Waals surface area (Å²) in [7, 11) is 1.70. The van der Waals surface area contributed by atoms with Crippen LogP contribution >= 0.6 is 0 Å². The number of methoxy groups -OCH3 is 1. The fourth-order valence-corrected chi connectivity index (χ4v) is 7.10. The van der Waals surface area contributed by atoms with Crippen LogP contribution in [0, 0.1) is 22.7 Å². The normalized spacial score (nSPS) is 36.6. The van der Waals surface area contributed by atoms with Crippen LogP contribution in [0.25, 0.3) is 0 Å². The van der Waals surface area contributed by atoms with Crippen molar-refractivity contribution in [2.24, 2.45) is 22.7 Å². The third-order valence-electron chi connectivity index (χ3n) is 9.53. The lowest BCUT2D eigenvalue weighted by Crippen LogP contribution is -2.69. The molecule has 232 valence electrons. The van der Waals surface area contributed by atoms with E-state index in [-0.39, 0.29) is 23.4 Å². The minimum atomic E-state index is -1.03. The van der Waals surface area contributed by atoms with Crippen molar-refractivity contribution in [2.45, 2.75) is 118 Å². The largest absolute Gasteiger partial charge is 0.459 e. The predicted molar refractivity (Wildman–Crippen MR) is 157 cm³/mol. The highest BCUT2D eigenvalue weighted by molar-refractivity contribution is 5.67. The lowest BCUT2D eigenvalue weighted by atomic mass is 9.44. The molecule has 0 aromatic rings. The average molecular weight is 577 g/mol.